The standard InChI is InChI=1S/C19H25F3N2O/c20-19(21,22)16-6-4-7-17(13-16)24-11-9-23(10-12-24)14-15-5-2-1-3-8-18(15)25/h4,6-7,13,15H,1-3,5,8-12,14H2. The number of anilines is 1. The summed E-state index contributed by atoms with van der Waals surface area (Å²) in [6, 6.07) is 5.54. The van der Waals surface area contributed by atoms with Crippen LogP contribution in [0.5, 0.6) is 0 Å². The quantitative estimate of drug-likeness (QED) is 0.767. The van der Waals surface area contributed by atoms with Gasteiger partial charge in [-0.15, -0.1) is 0 Å². The Hall–Kier alpha value is -1.56. The Bertz CT molecular complexity index is 595. The number of hydrogen-bond acceptors (Lipinski definition) is 3. The molecule has 0 radical (unpaired) electrons. The lowest BCUT2D eigenvalue weighted by atomic mass is 9.98. The third-order valence-corrected chi connectivity index (χ3v) is 5.32. The molecule has 0 bridgehead atoms. The van der Waals surface area contributed by atoms with Crippen molar-refractivity contribution in [1.29, 1.82) is 0 Å². The second-order valence-electron chi connectivity index (χ2n) is 7.10. The van der Waals surface area contributed by atoms with Gasteiger partial charge in [-0.05, 0) is 31.0 Å². The number of benzene rings is 1. The van der Waals surface area contributed by atoms with Gasteiger partial charge in [0.25, 0.3) is 0 Å². The van der Waals surface area contributed by atoms with E-state index in [9.17, 15) is 18.0 Å². The van der Waals surface area contributed by atoms with Crippen molar-refractivity contribution in [1.82, 2.24) is 4.90 Å². The molecular weight excluding hydrogens is 329 g/mol. The Kier molecular flexibility index (Phi) is 5.67. The lowest BCUT2D eigenvalue weighted by molar-refractivity contribution is -0.137. The third kappa shape index (κ3) is 4.75. The SMILES string of the molecule is O=C1CCCCCC1CN1CCN(c2cccc(C(F)(F)F)c2)CC1. The second-order valence-corrected chi connectivity index (χ2v) is 7.10. The van der Waals surface area contributed by atoms with E-state index in [1.54, 1.807) is 6.07 Å². The van der Waals surface area contributed by atoms with Crippen molar-refractivity contribution in [2.45, 2.75) is 38.3 Å². The second kappa shape index (κ2) is 7.77. The Balaban J connectivity index is 1.56. The molecule has 3 nitrogen and oxygen atoms in total. The van der Waals surface area contributed by atoms with Gasteiger partial charge in [-0.2, -0.15) is 13.2 Å². The van der Waals surface area contributed by atoms with Gasteiger partial charge in [0.2, 0.25) is 0 Å². The molecular formula is C19H25F3N2O. The molecule has 2 aliphatic rings. The van der Waals surface area contributed by atoms with E-state index in [1.807, 2.05) is 4.90 Å². The largest absolute Gasteiger partial charge is 0.416 e. The van der Waals surface area contributed by atoms with Crippen LogP contribution < -0.4 is 4.90 Å². The van der Waals surface area contributed by atoms with Crippen molar-refractivity contribution < 1.29 is 18.0 Å². The van der Waals surface area contributed by atoms with Crippen LogP contribution in [0.3, 0.4) is 0 Å². The number of piperazine rings is 1. The Morgan fingerprint density at radius 2 is 1.80 bits per heavy atom. The van der Waals surface area contributed by atoms with Crippen LogP contribution in [0, 0.1) is 5.92 Å². The summed E-state index contributed by atoms with van der Waals surface area (Å²) in [5.74, 6) is 0.528. The zero-order chi connectivity index (χ0) is 17.9. The average Bonchev–Trinajstić information content (AvgIpc) is 2.80. The third-order valence-electron chi connectivity index (χ3n) is 5.32. The van der Waals surface area contributed by atoms with Crippen molar-refractivity contribution in [2.24, 2.45) is 5.92 Å². The van der Waals surface area contributed by atoms with E-state index < -0.39 is 11.7 Å². The lowest BCUT2D eigenvalue weighted by Crippen LogP contribution is -2.48. The Morgan fingerprint density at radius 1 is 1.04 bits per heavy atom. The maximum absolute atomic E-state index is 12.9. The molecule has 1 heterocycles. The normalized spacial score (nSPS) is 23.6. The summed E-state index contributed by atoms with van der Waals surface area (Å²) < 4.78 is 38.6. The fourth-order valence-electron chi connectivity index (χ4n) is 3.80. The number of Topliss-reactive ketones (excluding diaryl/α,β-unsaturated/α-hetero) is 1. The number of alkyl halides is 3. The molecule has 6 heteroatoms. The van der Waals surface area contributed by atoms with Gasteiger partial charge >= 0.3 is 6.18 Å². The zero-order valence-corrected chi connectivity index (χ0v) is 14.4. The van der Waals surface area contributed by atoms with Crippen LogP contribution in [0.2, 0.25) is 0 Å². The van der Waals surface area contributed by atoms with Crippen LogP contribution in [0.1, 0.15) is 37.7 Å². The molecule has 1 aromatic carbocycles. The average molecular weight is 354 g/mol. The van der Waals surface area contributed by atoms with Crippen molar-refractivity contribution in [3.63, 3.8) is 0 Å². The van der Waals surface area contributed by atoms with E-state index in [1.165, 1.54) is 12.1 Å². The number of hydrogen-bond donors (Lipinski definition) is 0. The van der Waals surface area contributed by atoms with E-state index in [4.69, 9.17) is 0 Å². The number of nitrogens with zero attached hydrogens (tertiary/aromatic N) is 2. The molecule has 0 spiro atoms. The predicted octanol–water partition coefficient (Wildman–Crippen LogP) is 3.98. The number of carbonyl (C=O) groups excluding carboxylic acids is 1. The minimum atomic E-state index is -4.31. The van der Waals surface area contributed by atoms with Crippen LogP contribution >= 0.6 is 0 Å². The fraction of sp³-hybridized carbons (Fsp3) is 0.632. The van der Waals surface area contributed by atoms with Gasteiger partial charge in [-0.3, -0.25) is 9.69 Å². The summed E-state index contributed by atoms with van der Waals surface area (Å²) in [4.78, 5) is 16.5. The number of halogens is 3. The van der Waals surface area contributed by atoms with E-state index in [2.05, 4.69) is 4.90 Å². The van der Waals surface area contributed by atoms with Gasteiger partial charge in [0.05, 0.1) is 5.56 Å². The van der Waals surface area contributed by atoms with Gasteiger partial charge < -0.3 is 4.90 Å². The van der Waals surface area contributed by atoms with Crippen molar-refractivity contribution in [3.05, 3.63) is 29.8 Å². The van der Waals surface area contributed by atoms with E-state index >= 15 is 0 Å². The summed E-state index contributed by atoms with van der Waals surface area (Å²) >= 11 is 0. The molecule has 1 saturated heterocycles. The first-order chi connectivity index (χ1) is 11.9. The zero-order valence-electron chi connectivity index (χ0n) is 14.4. The molecule has 1 atom stereocenters. The van der Waals surface area contributed by atoms with Gasteiger partial charge in [-0.25, -0.2) is 0 Å². The minimum Gasteiger partial charge on any atom is -0.369 e. The molecule has 0 N–H and O–H groups in total. The molecule has 25 heavy (non-hydrogen) atoms. The lowest BCUT2D eigenvalue weighted by Gasteiger charge is -2.37. The minimum absolute atomic E-state index is 0.141. The fourth-order valence-corrected chi connectivity index (χ4v) is 3.80. The highest BCUT2D eigenvalue weighted by Crippen LogP contribution is 2.32. The van der Waals surface area contributed by atoms with E-state index in [0.717, 1.165) is 51.4 Å². The smallest absolute Gasteiger partial charge is 0.369 e. The molecule has 3 rings (SSSR count). The monoisotopic (exact) mass is 354 g/mol. The number of ketones is 1. The maximum Gasteiger partial charge on any atom is 0.416 e. The topological polar surface area (TPSA) is 23.6 Å². The summed E-state index contributed by atoms with van der Waals surface area (Å²) in [7, 11) is 0. The molecule has 2 fully saturated rings. The van der Waals surface area contributed by atoms with Crippen LogP contribution in [0.15, 0.2) is 24.3 Å². The van der Waals surface area contributed by atoms with Gasteiger partial charge in [0.1, 0.15) is 5.78 Å². The predicted molar refractivity (Wildman–Crippen MR) is 91.7 cm³/mol. The molecule has 0 amide bonds. The number of carbonyl (C=O) groups is 1. The summed E-state index contributed by atoms with van der Waals surface area (Å²) in [6.07, 6.45) is 0.657. The molecule has 138 valence electrons. The summed E-state index contributed by atoms with van der Waals surface area (Å²) in [6.45, 7) is 3.78. The molecule has 1 aromatic rings. The first-order valence-corrected chi connectivity index (χ1v) is 9.11. The highest BCUT2D eigenvalue weighted by atomic mass is 19.4. The highest BCUT2D eigenvalue weighted by molar-refractivity contribution is 5.81. The van der Waals surface area contributed by atoms with Crippen LogP contribution in [0.25, 0.3) is 0 Å². The van der Waals surface area contributed by atoms with E-state index in [-0.39, 0.29) is 5.92 Å². The van der Waals surface area contributed by atoms with Gasteiger partial charge in [0.15, 0.2) is 0 Å². The summed E-state index contributed by atoms with van der Waals surface area (Å²) in [5.41, 5.74) is 0.0245. The van der Waals surface area contributed by atoms with Gasteiger partial charge in [0, 0.05) is 50.7 Å². The molecule has 1 unspecified atom stereocenters. The first-order valence-electron chi connectivity index (χ1n) is 9.11. The van der Waals surface area contributed by atoms with Crippen LogP contribution in [0.4, 0.5) is 18.9 Å². The van der Waals surface area contributed by atoms with Crippen molar-refractivity contribution in [2.75, 3.05) is 37.6 Å². The van der Waals surface area contributed by atoms with E-state index in [0.29, 0.717) is 31.0 Å². The summed E-state index contributed by atoms with van der Waals surface area (Å²) in [5, 5.41) is 0. The number of rotatable bonds is 3. The van der Waals surface area contributed by atoms with Crippen molar-refractivity contribution >= 4 is 11.5 Å². The highest BCUT2D eigenvalue weighted by Gasteiger charge is 2.31. The maximum atomic E-state index is 12.9. The first kappa shape index (κ1) is 18.2. The van der Waals surface area contributed by atoms with Crippen molar-refractivity contribution in [3.8, 4) is 0 Å². The molecule has 1 saturated carbocycles. The Morgan fingerprint density at radius 3 is 2.52 bits per heavy atom. The van der Waals surface area contributed by atoms with Gasteiger partial charge in [-0.1, -0.05) is 18.9 Å². The molecule has 1 aliphatic heterocycles. The Labute approximate surface area is 146 Å². The van der Waals surface area contributed by atoms with Crippen LogP contribution in [-0.2, 0) is 11.0 Å². The molecule has 0 aromatic heterocycles. The molecule has 1 aliphatic carbocycles. The van der Waals surface area contributed by atoms with Crippen LogP contribution in [-0.4, -0.2) is 43.4 Å².